The number of hydrogen-bond acceptors (Lipinski definition) is 7. The quantitative estimate of drug-likeness (QED) is 0.613. The molecule has 0 amide bonds. The molecular formula is C22H25ClN4O3. The van der Waals surface area contributed by atoms with Crippen LogP contribution in [0.3, 0.4) is 0 Å². The maximum absolute atomic E-state index is 6.31. The molecule has 8 heteroatoms. The Kier molecular flexibility index (Phi) is 5.83. The summed E-state index contributed by atoms with van der Waals surface area (Å²) in [6, 6.07) is 9.47. The fourth-order valence-electron chi connectivity index (χ4n) is 3.67. The fraction of sp³-hybridized carbons (Fsp3) is 0.364. The summed E-state index contributed by atoms with van der Waals surface area (Å²) in [5.41, 5.74) is 2.46. The highest BCUT2D eigenvalue weighted by molar-refractivity contribution is 6.31. The molecular weight excluding hydrogens is 404 g/mol. The number of fused-ring (bicyclic) bond motifs is 1. The van der Waals surface area contributed by atoms with Crippen LogP contribution < -0.4 is 19.1 Å². The second-order valence-corrected chi connectivity index (χ2v) is 7.67. The van der Waals surface area contributed by atoms with Crippen molar-refractivity contribution in [3.05, 3.63) is 35.4 Å². The zero-order valence-electron chi connectivity index (χ0n) is 17.6. The van der Waals surface area contributed by atoms with Crippen LogP contribution >= 0.6 is 11.6 Å². The van der Waals surface area contributed by atoms with Crippen molar-refractivity contribution in [2.24, 2.45) is 0 Å². The SMILES string of the molecule is COc1cc(-c2nc(N3CCN(C)CC3)nc3ccc(Cl)cc23)cc(OC)c1OC. The molecule has 1 aliphatic heterocycles. The van der Waals surface area contributed by atoms with Crippen molar-refractivity contribution in [2.75, 3.05) is 59.5 Å². The summed E-state index contributed by atoms with van der Waals surface area (Å²) in [6.07, 6.45) is 0. The van der Waals surface area contributed by atoms with Gasteiger partial charge in [-0.2, -0.15) is 0 Å². The molecule has 3 aromatic rings. The molecule has 0 spiro atoms. The van der Waals surface area contributed by atoms with Crippen LogP contribution in [0.25, 0.3) is 22.2 Å². The molecule has 0 N–H and O–H groups in total. The first kappa shape index (κ1) is 20.5. The van der Waals surface area contributed by atoms with E-state index in [0.29, 0.717) is 28.2 Å². The minimum Gasteiger partial charge on any atom is -0.493 e. The highest BCUT2D eigenvalue weighted by Gasteiger charge is 2.21. The number of anilines is 1. The van der Waals surface area contributed by atoms with Gasteiger partial charge in [0.25, 0.3) is 0 Å². The van der Waals surface area contributed by atoms with E-state index >= 15 is 0 Å². The predicted octanol–water partition coefficient (Wildman–Crippen LogP) is 3.73. The Morgan fingerprint density at radius 1 is 0.867 bits per heavy atom. The van der Waals surface area contributed by atoms with Crippen molar-refractivity contribution in [1.82, 2.24) is 14.9 Å². The lowest BCUT2D eigenvalue weighted by molar-refractivity contribution is 0.311. The molecule has 0 bridgehead atoms. The highest BCUT2D eigenvalue weighted by atomic mass is 35.5. The third-order valence-corrected chi connectivity index (χ3v) is 5.61. The summed E-state index contributed by atoms with van der Waals surface area (Å²) in [5, 5.41) is 1.50. The number of piperazine rings is 1. The molecule has 1 aromatic heterocycles. The van der Waals surface area contributed by atoms with Gasteiger partial charge >= 0.3 is 0 Å². The normalized spacial score (nSPS) is 14.8. The molecule has 2 aromatic carbocycles. The molecule has 30 heavy (non-hydrogen) atoms. The number of nitrogens with zero attached hydrogens (tertiary/aromatic N) is 4. The van der Waals surface area contributed by atoms with Gasteiger partial charge in [-0.15, -0.1) is 0 Å². The van der Waals surface area contributed by atoms with Gasteiger partial charge in [-0.05, 0) is 37.4 Å². The van der Waals surface area contributed by atoms with Gasteiger partial charge in [0.05, 0.1) is 32.5 Å². The number of aromatic nitrogens is 2. The lowest BCUT2D eigenvalue weighted by Gasteiger charge is -2.32. The average Bonchev–Trinajstić information content (AvgIpc) is 2.77. The van der Waals surface area contributed by atoms with Crippen LogP contribution in [0, 0.1) is 0 Å². The number of halogens is 1. The molecule has 1 aliphatic rings. The fourth-order valence-corrected chi connectivity index (χ4v) is 3.85. The molecule has 1 fully saturated rings. The zero-order valence-corrected chi connectivity index (χ0v) is 18.4. The maximum atomic E-state index is 6.31. The minimum absolute atomic E-state index is 0.541. The third kappa shape index (κ3) is 3.82. The van der Waals surface area contributed by atoms with Crippen LogP contribution in [0.2, 0.25) is 5.02 Å². The Labute approximate surface area is 181 Å². The molecule has 0 atom stereocenters. The van der Waals surface area contributed by atoms with E-state index in [1.165, 1.54) is 0 Å². The molecule has 1 saturated heterocycles. The summed E-state index contributed by atoms with van der Waals surface area (Å²) < 4.78 is 16.6. The molecule has 2 heterocycles. The number of benzene rings is 2. The Balaban J connectivity index is 1.92. The van der Waals surface area contributed by atoms with Crippen LogP contribution in [0.4, 0.5) is 5.95 Å². The zero-order chi connectivity index (χ0) is 21.3. The van der Waals surface area contributed by atoms with Crippen molar-refractivity contribution in [2.45, 2.75) is 0 Å². The van der Waals surface area contributed by atoms with Crippen LogP contribution in [-0.4, -0.2) is 69.4 Å². The van der Waals surface area contributed by atoms with E-state index in [0.717, 1.165) is 48.3 Å². The molecule has 158 valence electrons. The van der Waals surface area contributed by atoms with Gasteiger partial charge in [-0.1, -0.05) is 11.6 Å². The molecule has 0 radical (unpaired) electrons. The van der Waals surface area contributed by atoms with Crippen molar-refractivity contribution in [3.8, 4) is 28.5 Å². The topological polar surface area (TPSA) is 60.0 Å². The highest BCUT2D eigenvalue weighted by Crippen LogP contribution is 2.42. The van der Waals surface area contributed by atoms with Crippen molar-refractivity contribution in [1.29, 1.82) is 0 Å². The Bertz CT molecular complexity index is 1040. The lowest BCUT2D eigenvalue weighted by atomic mass is 10.0. The smallest absolute Gasteiger partial charge is 0.226 e. The monoisotopic (exact) mass is 428 g/mol. The van der Waals surface area contributed by atoms with E-state index < -0.39 is 0 Å². The molecule has 0 unspecified atom stereocenters. The molecule has 0 saturated carbocycles. The van der Waals surface area contributed by atoms with Gasteiger partial charge in [0.2, 0.25) is 11.7 Å². The van der Waals surface area contributed by atoms with Crippen molar-refractivity contribution < 1.29 is 14.2 Å². The first-order valence-electron chi connectivity index (χ1n) is 9.75. The number of methoxy groups -OCH3 is 3. The van der Waals surface area contributed by atoms with Gasteiger partial charge in [-0.3, -0.25) is 0 Å². The van der Waals surface area contributed by atoms with Crippen LogP contribution in [-0.2, 0) is 0 Å². The molecule has 0 aliphatic carbocycles. The van der Waals surface area contributed by atoms with Gasteiger partial charge < -0.3 is 24.0 Å². The van der Waals surface area contributed by atoms with E-state index in [2.05, 4.69) is 16.8 Å². The van der Waals surface area contributed by atoms with Crippen molar-refractivity contribution in [3.63, 3.8) is 0 Å². The first-order chi connectivity index (χ1) is 14.5. The van der Waals surface area contributed by atoms with Gasteiger partial charge in [0, 0.05) is 42.2 Å². The van der Waals surface area contributed by atoms with E-state index in [4.69, 9.17) is 35.8 Å². The van der Waals surface area contributed by atoms with Gasteiger partial charge in [-0.25, -0.2) is 9.97 Å². The predicted molar refractivity (Wildman–Crippen MR) is 119 cm³/mol. The number of hydrogen-bond donors (Lipinski definition) is 0. The summed E-state index contributed by atoms with van der Waals surface area (Å²) in [5.74, 6) is 2.39. The van der Waals surface area contributed by atoms with Crippen LogP contribution in [0.5, 0.6) is 17.2 Å². The second-order valence-electron chi connectivity index (χ2n) is 7.24. The van der Waals surface area contributed by atoms with E-state index in [9.17, 15) is 0 Å². The lowest BCUT2D eigenvalue weighted by Crippen LogP contribution is -2.45. The Hall–Kier alpha value is -2.77. The Morgan fingerprint density at radius 3 is 2.13 bits per heavy atom. The first-order valence-corrected chi connectivity index (χ1v) is 10.1. The Morgan fingerprint density at radius 2 is 1.53 bits per heavy atom. The average molecular weight is 429 g/mol. The van der Waals surface area contributed by atoms with Crippen molar-refractivity contribution >= 4 is 28.5 Å². The number of likely N-dealkylation sites (N-methyl/N-ethyl adjacent to an activating group) is 1. The summed E-state index contributed by atoms with van der Waals surface area (Å²) in [4.78, 5) is 14.3. The van der Waals surface area contributed by atoms with E-state index in [-0.39, 0.29) is 0 Å². The molecule has 7 nitrogen and oxygen atoms in total. The van der Waals surface area contributed by atoms with Crippen LogP contribution in [0.15, 0.2) is 30.3 Å². The van der Waals surface area contributed by atoms with Gasteiger partial charge in [0.15, 0.2) is 11.5 Å². The standard InChI is InChI=1S/C22H25ClN4O3/c1-26-7-9-27(10-8-26)22-24-17-6-5-15(23)13-16(17)20(25-22)14-11-18(28-2)21(30-4)19(12-14)29-3/h5-6,11-13H,7-10H2,1-4H3. The summed E-state index contributed by atoms with van der Waals surface area (Å²) in [7, 11) is 6.92. The molecule has 4 rings (SSSR count). The minimum atomic E-state index is 0.541. The van der Waals surface area contributed by atoms with Crippen LogP contribution in [0.1, 0.15) is 0 Å². The summed E-state index contributed by atoms with van der Waals surface area (Å²) >= 11 is 6.31. The van der Waals surface area contributed by atoms with Gasteiger partial charge in [0.1, 0.15) is 0 Å². The number of rotatable bonds is 5. The van der Waals surface area contributed by atoms with E-state index in [1.807, 2.05) is 30.3 Å². The maximum Gasteiger partial charge on any atom is 0.226 e. The second kappa shape index (κ2) is 8.53. The number of ether oxygens (including phenoxy) is 3. The largest absolute Gasteiger partial charge is 0.493 e. The third-order valence-electron chi connectivity index (χ3n) is 5.37. The van der Waals surface area contributed by atoms with E-state index in [1.54, 1.807) is 21.3 Å². The summed E-state index contributed by atoms with van der Waals surface area (Å²) in [6.45, 7) is 3.71.